The molecule has 1 amide bonds. The standard InChI is InChI=1S/C13H13BrN4OS/c1-8-5-11(15)18-13(16-8)20-7-12(19)17-10-4-2-3-9(14)6-10/h2-6H,7H2,1H3,(H,17,19)(H2,15,16,18). The third kappa shape index (κ3) is 4.50. The Morgan fingerprint density at radius 3 is 2.90 bits per heavy atom. The molecule has 0 saturated carbocycles. The highest BCUT2D eigenvalue weighted by Gasteiger charge is 2.07. The van der Waals surface area contributed by atoms with Gasteiger partial charge >= 0.3 is 0 Å². The predicted octanol–water partition coefficient (Wildman–Crippen LogP) is 2.86. The van der Waals surface area contributed by atoms with Crippen LogP contribution in [0.4, 0.5) is 11.5 Å². The maximum Gasteiger partial charge on any atom is 0.234 e. The number of hydrogen-bond acceptors (Lipinski definition) is 5. The second-order valence-electron chi connectivity index (χ2n) is 4.06. The maximum atomic E-state index is 11.8. The highest BCUT2D eigenvalue weighted by molar-refractivity contribution is 9.10. The number of carbonyl (C=O) groups is 1. The van der Waals surface area contributed by atoms with Crippen molar-refractivity contribution in [2.45, 2.75) is 12.1 Å². The number of nitrogens with two attached hydrogens (primary N) is 1. The van der Waals surface area contributed by atoms with Crippen molar-refractivity contribution in [3.63, 3.8) is 0 Å². The van der Waals surface area contributed by atoms with E-state index in [0.717, 1.165) is 15.9 Å². The van der Waals surface area contributed by atoms with Gasteiger partial charge in [0, 0.05) is 21.9 Å². The van der Waals surface area contributed by atoms with Crippen molar-refractivity contribution in [3.8, 4) is 0 Å². The van der Waals surface area contributed by atoms with E-state index in [9.17, 15) is 4.79 Å². The van der Waals surface area contributed by atoms with Crippen molar-refractivity contribution in [2.24, 2.45) is 0 Å². The van der Waals surface area contributed by atoms with E-state index in [1.54, 1.807) is 6.07 Å². The summed E-state index contributed by atoms with van der Waals surface area (Å²) in [5.74, 6) is 0.527. The van der Waals surface area contributed by atoms with Crippen LogP contribution in [0.15, 0.2) is 40.0 Å². The lowest BCUT2D eigenvalue weighted by molar-refractivity contribution is -0.113. The summed E-state index contributed by atoms with van der Waals surface area (Å²) in [6.07, 6.45) is 0. The van der Waals surface area contributed by atoms with Crippen molar-refractivity contribution in [2.75, 3.05) is 16.8 Å². The van der Waals surface area contributed by atoms with Gasteiger partial charge in [0.2, 0.25) is 5.91 Å². The van der Waals surface area contributed by atoms with Crippen LogP contribution in [-0.2, 0) is 4.79 Å². The Kier molecular flexibility index (Phi) is 4.97. The van der Waals surface area contributed by atoms with Gasteiger partial charge in [0.25, 0.3) is 0 Å². The van der Waals surface area contributed by atoms with Crippen molar-refractivity contribution in [1.82, 2.24) is 9.97 Å². The lowest BCUT2D eigenvalue weighted by Gasteiger charge is -2.05. The van der Waals surface area contributed by atoms with Crippen LogP contribution in [0.5, 0.6) is 0 Å². The summed E-state index contributed by atoms with van der Waals surface area (Å²) in [5.41, 5.74) is 7.17. The second-order valence-corrected chi connectivity index (χ2v) is 5.92. The first kappa shape index (κ1) is 14.8. The Morgan fingerprint density at radius 1 is 1.40 bits per heavy atom. The Morgan fingerprint density at radius 2 is 2.20 bits per heavy atom. The third-order valence-corrected chi connectivity index (χ3v) is 3.63. The highest BCUT2D eigenvalue weighted by Crippen LogP contribution is 2.18. The van der Waals surface area contributed by atoms with Crippen LogP contribution in [0.25, 0.3) is 0 Å². The molecule has 0 aliphatic rings. The molecule has 0 bridgehead atoms. The fourth-order valence-electron chi connectivity index (χ4n) is 1.52. The molecule has 0 fully saturated rings. The maximum absolute atomic E-state index is 11.8. The molecule has 0 atom stereocenters. The summed E-state index contributed by atoms with van der Waals surface area (Å²) < 4.78 is 0.915. The zero-order valence-electron chi connectivity index (χ0n) is 10.8. The van der Waals surface area contributed by atoms with Gasteiger partial charge in [0.05, 0.1) is 5.75 Å². The number of amides is 1. The van der Waals surface area contributed by atoms with E-state index in [1.165, 1.54) is 11.8 Å². The minimum absolute atomic E-state index is 0.114. The van der Waals surface area contributed by atoms with Gasteiger partial charge in [-0.15, -0.1) is 0 Å². The van der Waals surface area contributed by atoms with Crippen molar-refractivity contribution in [3.05, 3.63) is 40.5 Å². The second kappa shape index (κ2) is 6.71. The molecule has 1 aromatic carbocycles. The van der Waals surface area contributed by atoms with E-state index in [1.807, 2.05) is 31.2 Å². The van der Waals surface area contributed by atoms with Crippen LogP contribution in [0.2, 0.25) is 0 Å². The molecular formula is C13H13BrN4OS. The first-order valence-electron chi connectivity index (χ1n) is 5.82. The molecule has 20 heavy (non-hydrogen) atoms. The Labute approximate surface area is 129 Å². The predicted molar refractivity (Wildman–Crippen MR) is 84.7 cm³/mol. The van der Waals surface area contributed by atoms with Gasteiger partial charge in [-0.25, -0.2) is 9.97 Å². The monoisotopic (exact) mass is 352 g/mol. The zero-order valence-corrected chi connectivity index (χ0v) is 13.2. The molecule has 5 nitrogen and oxygen atoms in total. The van der Waals surface area contributed by atoms with Crippen LogP contribution in [0, 0.1) is 6.92 Å². The van der Waals surface area contributed by atoms with E-state index in [2.05, 4.69) is 31.2 Å². The van der Waals surface area contributed by atoms with Gasteiger partial charge in [-0.2, -0.15) is 0 Å². The van der Waals surface area contributed by atoms with Crippen LogP contribution in [0.3, 0.4) is 0 Å². The van der Waals surface area contributed by atoms with E-state index in [0.29, 0.717) is 11.0 Å². The molecular weight excluding hydrogens is 340 g/mol. The summed E-state index contributed by atoms with van der Waals surface area (Å²) in [6, 6.07) is 9.11. The number of carbonyl (C=O) groups excluding carboxylic acids is 1. The fraction of sp³-hybridized carbons (Fsp3) is 0.154. The number of aryl methyl sites for hydroxylation is 1. The van der Waals surface area contributed by atoms with E-state index < -0.39 is 0 Å². The molecule has 0 spiro atoms. The number of halogens is 1. The zero-order chi connectivity index (χ0) is 14.5. The number of nitrogen functional groups attached to an aromatic ring is 1. The van der Waals surface area contributed by atoms with E-state index >= 15 is 0 Å². The normalized spacial score (nSPS) is 10.3. The molecule has 7 heteroatoms. The topological polar surface area (TPSA) is 80.9 Å². The molecule has 0 aliphatic heterocycles. The van der Waals surface area contributed by atoms with Crippen LogP contribution in [-0.4, -0.2) is 21.6 Å². The first-order valence-corrected chi connectivity index (χ1v) is 7.60. The SMILES string of the molecule is Cc1cc(N)nc(SCC(=O)Nc2cccc(Br)c2)n1. The Hall–Kier alpha value is -1.60. The molecule has 0 unspecified atom stereocenters. The number of rotatable bonds is 4. The lowest BCUT2D eigenvalue weighted by Crippen LogP contribution is -2.14. The number of benzene rings is 1. The minimum atomic E-state index is -0.114. The number of nitrogens with one attached hydrogen (secondary N) is 1. The Balaban J connectivity index is 1.92. The molecule has 1 aromatic heterocycles. The quantitative estimate of drug-likeness (QED) is 0.653. The largest absolute Gasteiger partial charge is 0.384 e. The minimum Gasteiger partial charge on any atom is -0.384 e. The summed E-state index contributed by atoms with van der Waals surface area (Å²) in [4.78, 5) is 20.1. The fourth-order valence-corrected chi connectivity index (χ4v) is 2.63. The first-order chi connectivity index (χ1) is 9.52. The smallest absolute Gasteiger partial charge is 0.234 e. The highest BCUT2D eigenvalue weighted by atomic mass is 79.9. The number of hydrogen-bond donors (Lipinski definition) is 2. The molecule has 3 N–H and O–H groups in total. The van der Waals surface area contributed by atoms with Gasteiger partial charge in [0.15, 0.2) is 5.16 Å². The number of anilines is 2. The number of thioether (sulfide) groups is 1. The van der Waals surface area contributed by atoms with Crippen LogP contribution in [0.1, 0.15) is 5.69 Å². The number of aromatic nitrogens is 2. The van der Waals surface area contributed by atoms with E-state index in [4.69, 9.17) is 5.73 Å². The van der Waals surface area contributed by atoms with Gasteiger partial charge < -0.3 is 11.1 Å². The van der Waals surface area contributed by atoms with Gasteiger partial charge in [0.1, 0.15) is 5.82 Å². The van der Waals surface area contributed by atoms with Crippen molar-refractivity contribution < 1.29 is 4.79 Å². The van der Waals surface area contributed by atoms with Gasteiger partial charge in [-0.05, 0) is 25.1 Å². The Bertz CT molecular complexity index is 615. The third-order valence-electron chi connectivity index (χ3n) is 2.29. The molecule has 104 valence electrons. The summed E-state index contributed by atoms with van der Waals surface area (Å²) in [6.45, 7) is 1.84. The van der Waals surface area contributed by atoms with Gasteiger partial charge in [-0.1, -0.05) is 33.8 Å². The lowest BCUT2D eigenvalue weighted by atomic mass is 10.3. The average molecular weight is 353 g/mol. The molecule has 0 radical (unpaired) electrons. The molecule has 1 heterocycles. The summed E-state index contributed by atoms with van der Waals surface area (Å²) in [5, 5.41) is 3.31. The van der Waals surface area contributed by atoms with Crippen molar-refractivity contribution in [1.29, 1.82) is 0 Å². The summed E-state index contributed by atoms with van der Waals surface area (Å²) in [7, 11) is 0. The van der Waals surface area contributed by atoms with Gasteiger partial charge in [-0.3, -0.25) is 4.79 Å². The molecule has 2 aromatic rings. The average Bonchev–Trinajstić information content (AvgIpc) is 2.35. The van der Waals surface area contributed by atoms with E-state index in [-0.39, 0.29) is 11.7 Å². The van der Waals surface area contributed by atoms with Crippen LogP contribution < -0.4 is 11.1 Å². The molecule has 2 rings (SSSR count). The summed E-state index contributed by atoms with van der Waals surface area (Å²) >= 11 is 4.61. The van der Waals surface area contributed by atoms with Crippen molar-refractivity contribution >= 4 is 45.1 Å². The van der Waals surface area contributed by atoms with Crippen LogP contribution >= 0.6 is 27.7 Å². The number of nitrogens with zero attached hydrogens (tertiary/aromatic N) is 2. The molecule has 0 saturated heterocycles. The molecule has 0 aliphatic carbocycles.